The fraction of sp³-hybridized carbons (Fsp3) is 0.500. The molecule has 0 aliphatic heterocycles. The molecule has 0 fully saturated rings. The van der Waals surface area contributed by atoms with Crippen molar-refractivity contribution >= 4 is 0 Å². The van der Waals surface area contributed by atoms with Crippen LogP contribution in [-0.2, 0) is 0 Å². The topological polar surface area (TPSA) is 33.1 Å². The van der Waals surface area contributed by atoms with Crippen LogP contribution in [0.1, 0.15) is 17.4 Å². The fourth-order valence-electron chi connectivity index (χ4n) is 1.39. The Bertz CT molecular complexity index is 382. The highest BCUT2D eigenvalue weighted by Crippen LogP contribution is 2.46. The van der Waals surface area contributed by atoms with Gasteiger partial charge in [0, 0.05) is 11.9 Å². The summed E-state index contributed by atoms with van der Waals surface area (Å²) < 4.78 is 74.0. The van der Waals surface area contributed by atoms with Crippen LogP contribution in [0.5, 0.6) is 0 Å². The van der Waals surface area contributed by atoms with Crippen molar-refractivity contribution in [2.75, 3.05) is 0 Å². The van der Waals surface area contributed by atoms with Crippen LogP contribution >= 0.6 is 0 Å². The predicted octanol–water partition coefficient (Wildman–Crippen LogP) is 3.16. The Balaban J connectivity index is 3.11. The van der Waals surface area contributed by atoms with E-state index in [1.807, 2.05) is 0 Å². The summed E-state index contributed by atoms with van der Waals surface area (Å²) in [7, 11) is 0. The SMILES string of the molecule is Cc1ccc(C(O)C(C(F)(F)F)C(F)(F)F)cn1. The van der Waals surface area contributed by atoms with E-state index in [0.29, 0.717) is 5.69 Å². The lowest BCUT2D eigenvalue weighted by molar-refractivity contribution is -0.307. The molecule has 0 bridgehead atoms. The molecule has 1 N–H and O–H groups in total. The van der Waals surface area contributed by atoms with E-state index in [2.05, 4.69) is 4.98 Å². The summed E-state index contributed by atoms with van der Waals surface area (Å²) >= 11 is 0. The van der Waals surface area contributed by atoms with Crippen LogP contribution in [0.3, 0.4) is 0 Å². The number of pyridine rings is 1. The zero-order valence-electron chi connectivity index (χ0n) is 9.05. The van der Waals surface area contributed by atoms with Crippen LogP contribution in [0.2, 0.25) is 0 Å². The first-order valence-electron chi connectivity index (χ1n) is 4.77. The van der Waals surface area contributed by atoms with Gasteiger partial charge in [-0.3, -0.25) is 4.98 Å². The van der Waals surface area contributed by atoms with Crippen LogP contribution in [0.25, 0.3) is 0 Å². The summed E-state index contributed by atoms with van der Waals surface area (Å²) in [5, 5.41) is 9.26. The first-order chi connectivity index (χ1) is 8.03. The quantitative estimate of drug-likeness (QED) is 0.839. The third-order valence-electron chi connectivity index (χ3n) is 2.30. The summed E-state index contributed by atoms with van der Waals surface area (Å²) in [6.45, 7) is 1.52. The second kappa shape index (κ2) is 4.75. The molecule has 102 valence electrons. The molecule has 2 nitrogen and oxygen atoms in total. The Morgan fingerprint density at radius 3 is 1.89 bits per heavy atom. The number of aromatic nitrogens is 1. The van der Waals surface area contributed by atoms with Crippen LogP contribution in [-0.4, -0.2) is 22.4 Å². The van der Waals surface area contributed by atoms with Crippen molar-refractivity contribution in [3.63, 3.8) is 0 Å². The average Bonchev–Trinajstić information content (AvgIpc) is 2.13. The van der Waals surface area contributed by atoms with Crippen LogP contribution in [0.15, 0.2) is 18.3 Å². The largest absolute Gasteiger partial charge is 0.403 e. The van der Waals surface area contributed by atoms with Crippen molar-refractivity contribution in [3.05, 3.63) is 29.6 Å². The molecule has 0 spiro atoms. The number of aliphatic hydroxyl groups excluding tert-OH is 1. The first kappa shape index (κ1) is 14.7. The van der Waals surface area contributed by atoms with E-state index in [1.165, 1.54) is 13.0 Å². The number of halogens is 6. The van der Waals surface area contributed by atoms with Gasteiger partial charge in [0.25, 0.3) is 0 Å². The zero-order valence-corrected chi connectivity index (χ0v) is 9.05. The van der Waals surface area contributed by atoms with Crippen molar-refractivity contribution in [1.29, 1.82) is 0 Å². The second-order valence-corrected chi connectivity index (χ2v) is 3.74. The van der Waals surface area contributed by atoms with E-state index >= 15 is 0 Å². The smallest absolute Gasteiger partial charge is 0.387 e. The Kier molecular flexibility index (Phi) is 3.89. The predicted molar refractivity (Wildman–Crippen MR) is 49.5 cm³/mol. The Labute approximate surface area is 98.3 Å². The summed E-state index contributed by atoms with van der Waals surface area (Å²) in [5.74, 6) is -3.82. The van der Waals surface area contributed by atoms with E-state index in [4.69, 9.17) is 0 Å². The van der Waals surface area contributed by atoms with Gasteiger partial charge >= 0.3 is 12.4 Å². The third kappa shape index (κ3) is 3.34. The summed E-state index contributed by atoms with van der Waals surface area (Å²) in [6, 6.07) is 2.21. The van der Waals surface area contributed by atoms with E-state index < -0.39 is 29.9 Å². The molecule has 18 heavy (non-hydrogen) atoms. The molecule has 0 saturated heterocycles. The summed E-state index contributed by atoms with van der Waals surface area (Å²) in [5.41, 5.74) is -0.109. The van der Waals surface area contributed by atoms with Gasteiger partial charge in [0.05, 0.1) is 0 Å². The number of alkyl halides is 6. The van der Waals surface area contributed by atoms with Crippen LogP contribution < -0.4 is 0 Å². The molecular formula is C10H9F6NO. The molecule has 1 unspecified atom stereocenters. The molecule has 0 aromatic carbocycles. The lowest BCUT2D eigenvalue weighted by atomic mass is 9.95. The third-order valence-corrected chi connectivity index (χ3v) is 2.30. The fourth-order valence-corrected chi connectivity index (χ4v) is 1.39. The second-order valence-electron chi connectivity index (χ2n) is 3.74. The molecular weight excluding hydrogens is 264 g/mol. The molecule has 1 atom stereocenters. The van der Waals surface area contributed by atoms with Crippen LogP contribution in [0.4, 0.5) is 26.3 Å². The Hall–Kier alpha value is -1.31. The maximum Gasteiger partial charge on any atom is 0.403 e. The minimum Gasteiger partial charge on any atom is -0.387 e. The van der Waals surface area contributed by atoms with Crippen molar-refractivity contribution in [3.8, 4) is 0 Å². The molecule has 0 saturated carbocycles. The Morgan fingerprint density at radius 1 is 1.06 bits per heavy atom. The van der Waals surface area contributed by atoms with Crippen molar-refractivity contribution < 1.29 is 31.4 Å². The van der Waals surface area contributed by atoms with Gasteiger partial charge in [-0.2, -0.15) is 26.3 Å². The highest BCUT2D eigenvalue weighted by Gasteiger charge is 2.60. The number of hydrogen-bond acceptors (Lipinski definition) is 2. The number of aryl methyl sites for hydroxylation is 1. The first-order valence-corrected chi connectivity index (χ1v) is 4.77. The van der Waals surface area contributed by atoms with E-state index in [9.17, 15) is 31.4 Å². The zero-order chi connectivity index (χ0) is 14.1. The normalized spacial score (nSPS) is 14.9. The highest BCUT2D eigenvalue weighted by atomic mass is 19.4. The number of aliphatic hydroxyl groups is 1. The van der Waals surface area contributed by atoms with Crippen LogP contribution in [0, 0.1) is 12.8 Å². The molecule has 1 rings (SSSR count). The van der Waals surface area contributed by atoms with Gasteiger partial charge in [-0.1, -0.05) is 6.07 Å². The highest BCUT2D eigenvalue weighted by molar-refractivity contribution is 5.17. The monoisotopic (exact) mass is 273 g/mol. The van der Waals surface area contributed by atoms with Gasteiger partial charge in [0.15, 0.2) is 5.92 Å². The summed E-state index contributed by atoms with van der Waals surface area (Å²) in [6.07, 6.45) is -13.1. The van der Waals surface area contributed by atoms with E-state index in [0.717, 1.165) is 12.3 Å². The van der Waals surface area contributed by atoms with Gasteiger partial charge in [0.2, 0.25) is 0 Å². The average molecular weight is 273 g/mol. The van der Waals surface area contributed by atoms with Crippen molar-refractivity contribution in [2.45, 2.75) is 25.4 Å². The minimum atomic E-state index is -5.58. The molecule has 0 aliphatic rings. The molecule has 1 heterocycles. The maximum absolute atomic E-state index is 12.3. The van der Waals surface area contributed by atoms with Crippen molar-refractivity contribution in [1.82, 2.24) is 4.98 Å². The van der Waals surface area contributed by atoms with Gasteiger partial charge < -0.3 is 5.11 Å². The van der Waals surface area contributed by atoms with Gasteiger partial charge in [-0.25, -0.2) is 0 Å². The van der Waals surface area contributed by atoms with E-state index in [1.54, 1.807) is 0 Å². The molecule has 0 aliphatic carbocycles. The minimum absolute atomic E-state index is 0.418. The molecule has 0 amide bonds. The number of nitrogens with zero attached hydrogens (tertiary/aromatic N) is 1. The van der Waals surface area contributed by atoms with Gasteiger partial charge in [-0.15, -0.1) is 0 Å². The Morgan fingerprint density at radius 2 is 1.56 bits per heavy atom. The lowest BCUT2D eigenvalue weighted by Gasteiger charge is -2.27. The van der Waals surface area contributed by atoms with Gasteiger partial charge in [0.1, 0.15) is 6.10 Å². The standard InChI is InChI=1S/C10H9F6NO/c1-5-2-3-6(4-17-5)7(18)8(9(11,12)13)10(14,15)16/h2-4,7-8,18H,1H3. The molecule has 8 heteroatoms. The number of rotatable bonds is 2. The summed E-state index contributed by atoms with van der Waals surface area (Å²) in [4.78, 5) is 3.55. The van der Waals surface area contributed by atoms with Gasteiger partial charge in [-0.05, 0) is 18.6 Å². The van der Waals surface area contributed by atoms with E-state index in [-0.39, 0.29) is 0 Å². The number of hydrogen-bond donors (Lipinski definition) is 1. The van der Waals surface area contributed by atoms with Crippen molar-refractivity contribution in [2.24, 2.45) is 5.92 Å². The molecule has 1 aromatic rings. The molecule has 1 aromatic heterocycles. The lowest BCUT2D eigenvalue weighted by Crippen LogP contribution is -2.40. The molecule has 0 radical (unpaired) electrons. The maximum atomic E-state index is 12.3.